The molecule has 1 aromatic rings. The molecule has 0 bridgehead atoms. The normalized spacial score (nSPS) is 11.8. The Kier molecular flexibility index (Phi) is 5.83. The number of hydrogen-bond donors (Lipinski definition) is 0. The van der Waals surface area contributed by atoms with Gasteiger partial charge in [-0.1, -0.05) is 64.6 Å². The van der Waals surface area contributed by atoms with Crippen LogP contribution < -0.4 is 5.19 Å². The molecule has 2 heteroatoms. The minimum Gasteiger partial charge on any atom is -0.320 e. The average molecular weight is 261 g/mol. The summed E-state index contributed by atoms with van der Waals surface area (Å²) in [6.07, 6.45) is 1.92. The SMILES string of the molecule is C=Cc1ccc([Si](CC)(CC)N(CC)CC)cc1. The Labute approximate surface area is 114 Å². The highest BCUT2D eigenvalue weighted by Crippen LogP contribution is 2.20. The first kappa shape index (κ1) is 15.2. The van der Waals surface area contributed by atoms with Gasteiger partial charge in [0.05, 0.1) is 0 Å². The predicted molar refractivity (Wildman–Crippen MR) is 85.8 cm³/mol. The average Bonchev–Trinajstić information content (AvgIpc) is 2.45. The van der Waals surface area contributed by atoms with Crippen LogP contribution in [0, 0.1) is 0 Å². The maximum Gasteiger partial charge on any atom is 0.159 e. The van der Waals surface area contributed by atoms with Crippen LogP contribution in [0.4, 0.5) is 0 Å². The van der Waals surface area contributed by atoms with E-state index in [0.29, 0.717) is 0 Å². The van der Waals surface area contributed by atoms with Gasteiger partial charge in [-0.3, -0.25) is 0 Å². The fourth-order valence-electron chi connectivity index (χ4n) is 3.05. The maximum atomic E-state index is 3.83. The second kappa shape index (κ2) is 6.91. The van der Waals surface area contributed by atoms with E-state index in [9.17, 15) is 0 Å². The zero-order chi connectivity index (χ0) is 13.6. The zero-order valence-electron chi connectivity index (χ0n) is 12.4. The minimum absolute atomic E-state index is 1.16. The Balaban J connectivity index is 3.20. The van der Waals surface area contributed by atoms with Crippen LogP contribution in [0.2, 0.25) is 12.1 Å². The Morgan fingerprint density at radius 2 is 1.50 bits per heavy atom. The van der Waals surface area contributed by atoms with Crippen molar-refractivity contribution in [2.45, 2.75) is 39.8 Å². The van der Waals surface area contributed by atoms with Crippen LogP contribution in [0.1, 0.15) is 33.3 Å². The van der Waals surface area contributed by atoms with Crippen LogP contribution >= 0.6 is 0 Å². The third-order valence-electron chi connectivity index (χ3n) is 4.22. The monoisotopic (exact) mass is 261 g/mol. The van der Waals surface area contributed by atoms with Crippen LogP contribution in [0.15, 0.2) is 30.8 Å². The molecule has 0 unspecified atom stereocenters. The topological polar surface area (TPSA) is 3.24 Å². The molecule has 0 amide bonds. The summed E-state index contributed by atoms with van der Waals surface area (Å²) in [5, 5.41) is 1.57. The van der Waals surface area contributed by atoms with Crippen molar-refractivity contribution in [2.75, 3.05) is 13.1 Å². The third kappa shape index (κ3) is 2.75. The summed E-state index contributed by atoms with van der Waals surface area (Å²) >= 11 is 0. The summed E-state index contributed by atoms with van der Waals surface area (Å²) in [4.78, 5) is 0. The van der Waals surface area contributed by atoms with Crippen molar-refractivity contribution in [3.63, 3.8) is 0 Å². The Morgan fingerprint density at radius 3 is 1.83 bits per heavy atom. The second-order valence-electron chi connectivity index (χ2n) is 4.74. The van der Waals surface area contributed by atoms with Crippen molar-refractivity contribution in [2.24, 2.45) is 0 Å². The van der Waals surface area contributed by atoms with Gasteiger partial charge in [-0.05, 0) is 35.9 Å². The lowest BCUT2D eigenvalue weighted by Crippen LogP contribution is -2.61. The predicted octanol–water partition coefficient (Wildman–Crippen LogP) is 3.86. The van der Waals surface area contributed by atoms with E-state index in [1.54, 1.807) is 5.19 Å². The zero-order valence-corrected chi connectivity index (χ0v) is 13.4. The van der Waals surface area contributed by atoms with Gasteiger partial charge in [-0.2, -0.15) is 0 Å². The molecule has 0 heterocycles. The van der Waals surface area contributed by atoms with Crippen molar-refractivity contribution >= 4 is 19.5 Å². The Morgan fingerprint density at radius 1 is 1.00 bits per heavy atom. The van der Waals surface area contributed by atoms with Crippen molar-refractivity contribution in [1.82, 2.24) is 4.57 Å². The molecule has 0 spiro atoms. The quantitative estimate of drug-likeness (QED) is 0.674. The molecule has 0 fully saturated rings. The van der Waals surface area contributed by atoms with Gasteiger partial charge in [0.15, 0.2) is 8.24 Å². The summed E-state index contributed by atoms with van der Waals surface area (Å²) in [7, 11) is -1.49. The number of benzene rings is 1. The van der Waals surface area contributed by atoms with Crippen molar-refractivity contribution in [3.05, 3.63) is 36.4 Å². The molecule has 0 N–H and O–H groups in total. The summed E-state index contributed by atoms with van der Waals surface area (Å²) in [6.45, 7) is 15.4. The molecule has 0 aliphatic heterocycles. The molecular formula is C16H27NSi. The number of hydrogen-bond acceptors (Lipinski definition) is 1. The van der Waals surface area contributed by atoms with E-state index in [2.05, 4.69) is 63.1 Å². The lowest BCUT2D eigenvalue weighted by Gasteiger charge is -2.40. The largest absolute Gasteiger partial charge is 0.320 e. The second-order valence-corrected chi connectivity index (χ2v) is 9.42. The first-order valence-electron chi connectivity index (χ1n) is 7.16. The Bertz CT molecular complexity index is 361. The van der Waals surface area contributed by atoms with Gasteiger partial charge < -0.3 is 4.57 Å². The molecule has 0 aliphatic rings. The highest BCUT2D eigenvalue weighted by Gasteiger charge is 2.36. The fourth-order valence-corrected chi connectivity index (χ4v) is 7.62. The molecule has 100 valence electrons. The molecule has 1 rings (SSSR count). The fraction of sp³-hybridized carbons (Fsp3) is 0.500. The summed E-state index contributed by atoms with van der Waals surface area (Å²) < 4.78 is 2.72. The van der Waals surface area contributed by atoms with E-state index in [-0.39, 0.29) is 0 Å². The lowest BCUT2D eigenvalue weighted by atomic mass is 10.2. The molecule has 1 aromatic carbocycles. The van der Waals surface area contributed by atoms with Gasteiger partial charge >= 0.3 is 0 Å². The number of nitrogens with zero attached hydrogens (tertiary/aromatic N) is 1. The lowest BCUT2D eigenvalue weighted by molar-refractivity contribution is 0.465. The molecule has 0 saturated heterocycles. The van der Waals surface area contributed by atoms with E-state index in [1.807, 2.05) is 6.08 Å². The summed E-state index contributed by atoms with van der Waals surface area (Å²) in [5.74, 6) is 0. The van der Waals surface area contributed by atoms with Gasteiger partial charge in [0.25, 0.3) is 0 Å². The smallest absolute Gasteiger partial charge is 0.159 e. The molecule has 1 nitrogen and oxygen atoms in total. The van der Waals surface area contributed by atoms with Crippen LogP contribution in [-0.2, 0) is 0 Å². The standard InChI is InChI=1S/C16H27NSi/c1-6-15-11-13-16(14-12-15)18(9-4,10-5)17(7-2)8-3/h6,11-14H,1,7-10H2,2-5H3. The van der Waals surface area contributed by atoms with Gasteiger partial charge in [-0.15, -0.1) is 0 Å². The summed E-state index contributed by atoms with van der Waals surface area (Å²) in [6, 6.07) is 11.7. The molecule has 0 saturated carbocycles. The van der Waals surface area contributed by atoms with Gasteiger partial charge in [-0.25, -0.2) is 0 Å². The molecule has 0 atom stereocenters. The summed E-state index contributed by atoms with van der Waals surface area (Å²) in [5.41, 5.74) is 1.22. The van der Waals surface area contributed by atoms with Gasteiger partial charge in [0.1, 0.15) is 0 Å². The van der Waals surface area contributed by atoms with Crippen LogP contribution in [0.3, 0.4) is 0 Å². The highest BCUT2D eigenvalue weighted by molar-refractivity contribution is 6.89. The van der Waals surface area contributed by atoms with Crippen molar-refractivity contribution in [1.29, 1.82) is 0 Å². The van der Waals surface area contributed by atoms with Crippen LogP contribution in [-0.4, -0.2) is 25.9 Å². The van der Waals surface area contributed by atoms with E-state index in [4.69, 9.17) is 0 Å². The molecule has 0 radical (unpaired) electrons. The molecule has 0 aliphatic carbocycles. The third-order valence-corrected chi connectivity index (χ3v) is 9.81. The van der Waals surface area contributed by atoms with Crippen molar-refractivity contribution < 1.29 is 0 Å². The first-order valence-corrected chi connectivity index (χ1v) is 9.52. The van der Waals surface area contributed by atoms with Gasteiger partial charge in [0.2, 0.25) is 0 Å². The highest BCUT2D eigenvalue weighted by atomic mass is 28.3. The van der Waals surface area contributed by atoms with Crippen LogP contribution in [0.5, 0.6) is 0 Å². The van der Waals surface area contributed by atoms with E-state index < -0.39 is 8.24 Å². The molecular weight excluding hydrogens is 234 g/mol. The molecule has 0 aromatic heterocycles. The maximum absolute atomic E-state index is 3.83. The Hall–Kier alpha value is -0.863. The van der Waals surface area contributed by atoms with E-state index in [1.165, 1.54) is 17.7 Å². The van der Waals surface area contributed by atoms with E-state index >= 15 is 0 Å². The number of rotatable bonds is 7. The first-order chi connectivity index (χ1) is 8.68. The van der Waals surface area contributed by atoms with Gasteiger partial charge in [0, 0.05) is 0 Å². The van der Waals surface area contributed by atoms with Crippen molar-refractivity contribution in [3.8, 4) is 0 Å². The van der Waals surface area contributed by atoms with E-state index in [0.717, 1.165) is 13.1 Å². The van der Waals surface area contributed by atoms with Crippen LogP contribution in [0.25, 0.3) is 6.08 Å². The molecule has 18 heavy (non-hydrogen) atoms. The minimum atomic E-state index is -1.49.